The van der Waals surface area contributed by atoms with Gasteiger partial charge in [-0.25, -0.2) is 0 Å². The van der Waals surface area contributed by atoms with Crippen LogP contribution in [0.5, 0.6) is 5.75 Å². The fraction of sp³-hybridized carbons (Fsp3) is 0.667. The van der Waals surface area contributed by atoms with E-state index in [-0.39, 0.29) is 0 Å². The Kier molecular flexibility index (Phi) is 6.52. The second kappa shape index (κ2) is 8.40. The average molecular weight is 290 g/mol. The van der Waals surface area contributed by atoms with Gasteiger partial charge in [-0.15, -0.1) is 0 Å². The molecule has 1 aliphatic carbocycles. The van der Waals surface area contributed by atoms with Crippen LogP contribution >= 0.6 is 0 Å². The molecule has 2 rings (SSSR count). The van der Waals surface area contributed by atoms with Gasteiger partial charge in [-0.2, -0.15) is 0 Å². The van der Waals surface area contributed by atoms with Crippen molar-refractivity contribution in [2.24, 2.45) is 0 Å². The molecule has 3 heteroatoms. The van der Waals surface area contributed by atoms with E-state index in [2.05, 4.69) is 49.2 Å². The van der Waals surface area contributed by atoms with Crippen molar-refractivity contribution in [1.29, 1.82) is 0 Å². The van der Waals surface area contributed by atoms with E-state index >= 15 is 0 Å². The Labute approximate surface area is 129 Å². The van der Waals surface area contributed by atoms with Crippen molar-refractivity contribution in [1.82, 2.24) is 10.2 Å². The van der Waals surface area contributed by atoms with Gasteiger partial charge in [0.15, 0.2) is 0 Å². The molecule has 3 nitrogen and oxygen atoms in total. The van der Waals surface area contributed by atoms with Gasteiger partial charge in [0.1, 0.15) is 12.4 Å². The summed E-state index contributed by atoms with van der Waals surface area (Å²) in [7, 11) is 0. The van der Waals surface area contributed by atoms with Crippen molar-refractivity contribution in [3.8, 4) is 5.75 Å². The lowest BCUT2D eigenvalue weighted by molar-refractivity contribution is 0.222. The number of nitrogens with one attached hydrogen (secondary N) is 1. The highest BCUT2D eigenvalue weighted by atomic mass is 16.5. The standard InChI is InChI=1S/C18H30N2O/c1-4-19-18-9-7-8-15-14-16(10-11-17(15)18)21-13-12-20(5-2)6-3/h10-11,14,18-19H,4-9,12-13H2,1-3H3. The van der Waals surface area contributed by atoms with Crippen molar-refractivity contribution < 1.29 is 4.74 Å². The number of likely N-dealkylation sites (N-methyl/N-ethyl adjacent to an activating group) is 1. The van der Waals surface area contributed by atoms with E-state index in [1.807, 2.05) is 0 Å². The molecule has 0 aliphatic heterocycles. The van der Waals surface area contributed by atoms with Crippen LogP contribution in [0.1, 0.15) is 50.8 Å². The number of benzene rings is 1. The van der Waals surface area contributed by atoms with E-state index in [1.54, 1.807) is 0 Å². The molecule has 1 aromatic carbocycles. The molecule has 0 bridgehead atoms. The zero-order chi connectivity index (χ0) is 15.1. The third kappa shape index (κ3) is 4.45. The summed E-state index contributed by atoms with van der Waals surface area (Å²) in [5, 5.41) is 3.59. The highest BCUT2D eigenvalue weighted by Crippen LogP contribution is 2.32. The molecule has 1 aliphatic rings. The summed E-state index contributed by atoms with van der Waals surface area (Å²) in [5.74, 6) is 1.03. The smallest absolute Gasteiger partial charge is 0.119 e. The monoisotopic (exact) mass is 290 g/mol. The Morgan fingerprint density at radius 3 is 2.76 bits per heavy atom. The molecule has 0 fully saturated rings. The molecule has 1 atom stereocenters. The molecule has 0 spiro atoms. The van der Waals surface area contributed by atoms with E-state index in [0.717, 1.165) is 38.5 Å². The predicted octanol–water partition coefficient (Wildman–Crippen LogP) is 3.39. The Hall–Kier alpha value is -1.06. The molecule has 0 heterocycles. The van der Waals surface area contributed by atoms with Crippen LogP contribution in [0.3, 0.4) is 0 Å². The van der Waals surface area contributed by atoms with Crippen LogP contribution in [-0.4, -0.2) is 37.7 Å². The first kappa shape index (κ1) is 16.3. The summed E-state index contributed by atoms with van der Waals surface area (Å²) >= 11 is 0. The molecular formula is C18H30N2O. The van der Waals surface area contributed by atoms with E-state index in [4.69, 9.17) is 4.74 Å². The topological polar surface area (TPSA) is 24.5 Å². The van der Waals surface area contributed by atoms with Gasteiger partial charge in [0.2, 0.25) is 0 Å². The minimum absolute atomic E-state index is 0.531. The fourth-order valence-electron chi connectivity index (χ4n) is 3.17. The van der Waals surface area contributed by atoms with Crippen LogP contribution < -0.4 is 10.1 Å². The van der Waals surface area contributed by atoms with Crippen molar-refractivity contribution in [2.75, 3.05) is 32.8 Å². The van der Waals surface area contributed by atoms with Crippen molar-refractivity contribution in [3.63, 3.8) is 0 Å². The summed E-state index contributed by atoms with van der Waals surface area (Å²) in [6.45, 7) is 11.6. The minimum atomic E-state index is 0.531. The number of hydrogen-bond donors (Lipinski definition) is 1. The van der Waals surface area contributed by atoms with Gasteiger partial charge in [-0.1, -0.05) is 26.8 Å². The van der Waals surface area contributed by atoms with Gasteiger partial charge in [0, 0.05) is 12.6 Å². The van der Waals surface area contributed by atoms with E-state index in [9.17, 15) is 0 Å². The first-order chi connectivity index (χ1) is 10.3. The first-order valence-corrected chi connectivity index (χ1v) is 8.49. The van der Waals surface area contributed by atoms with Crippen LogP contribution in [-0.2, 0) is 6.42 Å². The number of aryl methyl sites for hydroxylation is 1. The van der Waals surface area contributed by atoms with Crippen molar-refractivity contribution >= 4 is 0 Å². The lowest BCUT2D eigenvalue weighted by atomic mass is 9.87. The third-order valence-corrected chi connectivity index (χ3v) is 4.45. The maximum atomic E-state index is 5.94. The molecule has 0 saturated heterocycles. The lowest BCUT2D eigenvalue weighted by Crippen LogP contribution is -2.28. The lowest BCUT2D eigenvalue weighted by Gasteiger charge is -2.26. The van der Waals surface area contributed by atoms with Crippen LogP contribution in [0.25, 0.3) is 0 Å². The summed E-state index contributed by atoms with van der Waals surface area (Å²) in [6, 6.07) is 7.18. The highest BCUT2D eigenvalue weighted by molar-refractivity contribution is 5.39. The van der Waals surface area contributed by atoms with Crippen LogP contribution in [0, 0.1) is 0 Å². The predicted molar refractivity (Wildman–Crippen MR) is 89.1 cm³/mol. The van der Waals surface area contributed by atoms with Crippen LogP contribution in [0.2, 0.25) is 0 Å². The van der Waals surface area contributed by atoms with Gasteiger partial charge in [-0.05, 0) is 62.2 Å². The Balaban J connectivity index is 1.94. The molecule has 1 N–H and O–H groups in total. The SMILES string of the molecule is CCNC1CCCc2cc(OCCN(CC)CC)ccc21. The number of ether oxygens (including phenoxy) is 1. The number of rotatable bonds is 8. The number of fused-ring (bicyclic) bond motifs is 1. The molecule has 0 radical (unpaired) electrons. The molecular weight excluding hydrogens is 260 g/mol. The normalized spacial score (nSPS) is 17.8. The summed E-state index contributed by atoms with van der Waals surface area (Å²) in [5.41, 5.74) is 2.94. The van der Waals surface area contributed by atoms with Crippen molar-refractivity contribution in [3.05, 3.63) is 29.3 Å². The molecule has 0 saturated carbocycles. The summed E-state index contributed by atoms with van der Waals surface area (Å²) < 4.78 is 5.94. The molecule has 118 valence electrons. The Morgan fingerprint density at radius 1 is 1.24 bits per heavy atom. The molecule has 1 unspecified atom stereocenters. The third-order valence-electron chi connectivity index (χ3n) is 4.45. The van der Waals surface area contributed by atoms with E-state index < -0.39 is 0 Å². The second-order valence-electron chi connectivity index (χ2n) is 5.74. The average Bonchev–Trinajstić information content (AvgIpc) is 2.52. The van der Waals surface area contributed by atoms with Gasteiger partial charge < -0.3 is 15.0 Å². The molecule has 0 aromatic heterocycles. The number of nitrogens with zero attached hydrogens (tertiary/aromatic N) is 1. The minimum Gasteiger partial charge on any atom is -0.492 e. The maximum absolute atomic E-state index is 5.94. The van der Waals surface area contributed by atoms with Gasteiger partial charge >= 0.3 is 0 Å². The highest BCUT2D eigenvalue weighted by Gasteiger charge is 2.19. The first-order valence-electron chi connectivity index (χ1n) is 8.49. The van der Waals surface area contributed by atoms with Crippen LogP contribution in [0.15, 0.2) is 18.2 Å². The summed E-state index contributed by atoms with van der Waals surface area (Å²) in [4.78, 5) is 2.39. The van der Waals surface area contributed by atoms with Crippen LogP contribution in [0.4, 0.5) is 0 Å². The molecule has 0 amide bonds. The Morgan fingerprint density at radius 2 is 2.05 bits per heavy atom. The fourth-order valence-corrected chi connectivity index (χ4v) is 3.17. The number of hydrogen-bond acceptors (Lipinski definition) is 3. The van der Waals surface area contributed by atoms with Gasteiger partial charge in [0.25, 0.3) is 0 Å². The van der Waals surface area contributed by atoms with Gasteiger partial charge in [0.05, 0.1) is 0 Å². The zero-order valence-corrected chi connectivity index (χ0v) is 13.8. The largest absolute Gasteiger partial charge is 0.492 e. The second-order valence-corrected chi connectivity index (χ2v) is 5.74. The van der Waals surface area contributed by atoms with E-state index in [0.29, 0.717) is 6.04 Å². The van der Waals surface area contributed by atoms with E-state index in [1.165, 1.54) is 30.4 Å². The molecule has 1 aromatic rings. The molecule has 21 heavy (non-hydrogen) atoms. The quantitative estimate of drug-likeness (QED) is 0.794. The summed E-state index contributed by atoms with van der Waals surface area (Å²) in [6.07, 6.45) is 3.71. The maximum Gasteiger partial charge on any atom is 0.119 e. The Bertz CT molecular complexity index is 429. The van der Waals surface area contributed by atoms with Crippen molar-refractivity contribution in [2.45, 2.75) is 46.1 Å². The van der Waals surface area contributed by atoms with Gasteiger partial charge in [-0.3, -0.25) is 0 Å². The zero-order valence-electron chi connectivity index (χ0n) is 13.8.